The Balaban J connectivity index is 1.77. The maximum Gasteiger partial charge on any atom is 0.0493 e. The lowest BCUT2D eigenvalue weighted by Crippen LogP contribution is -2.45. The van der Waals surface area contributed by atoms with Gasteiger partial charge >= 0.3 is 0 Å². The third-order valence-corrected chi connectivity index (χ3v) is 6.00. The average Bonchev–Trinajstić information content (AvgIpc) is 2.89. The number of fused-ring (bicyclic) bond motifs is 2. The minimum absolute atomic E-state index is 0.303. The number of hydrogen-bond acceptors (Lipinski definition) is 2. The number of nitrogens with one attached hydrogen (secondary N) is 1. The Labute approximate surface area is 143 Å². The molecule has 4 rings (SSSR count). The van der Waals surface area contributed by atoms with E-state index >= 15 is 0 Å². The smallest absolute Gasteiger partial charge is 0.0493 e. The molecule has 120 valence electrons. The minimum Gasteiger partial charge on any atom is -0.314 e. The second kappa shape index (κ2) is 5.92. The largest absolute Gasteiger partial charge is 0.314 e. The molecule has 1 N–H and O–H groups in total. The van der Waals surface area contributed by atoms with Crippen LogP contribution in [0.15, 0.2) is 42.6 Å². The van der Waals surface area contributed by atoms with Crippen molar-refractivity contribution in [1.82, 2.24) is 10.3 Å². The fraction of sp³-hybridized carbons (Fsp3) is 0.450. The maximum atomic E-state index is 6.22. The molecule has 3 unspecified atom stereocenters. The van der Waals surface area contributed by atoms with E-state index in [-0.39, 0.29) is 0 Å². The van der Waals surface area contributed by atoms with Crippen molar-refractivity contribution in [3.8, 4) is 0 Å². The lowest BCUT2D eigenvalue weighted by Gasteiger charge is -2.40. The molecule has 2 aromatic rings. The molecule has 3 atom stereocenters. The Bertz CT molecular complexity index is 714. The van der Waals surface area contributed by atoms with E-state index in [1.54, 1.807) is 5.56 Å². The highest BCUT2D eigenvalue weighted by molar-refractivity contribution is 6.30. The molecule has 1 aliphatic heterocycles. The average molecular weight is 327 g/mol. The highest BCUT2D eigenvalue weighted by Gasteiger charge is 2.46. The van der Waals surface area contributed by atoms with E-state index in [1.165, 1.54) is 24.8 Å². The van der Waals surface area contributed by atoms with Crippen molar-refractivity contribution in [2.45, 2.75) is 50.0 Å². The molecule has 0 radical (unpaired) electrons. The highest BCUT2D eigenvalue weighted by atomic mass is 35.5. The Morgan fingerprint density at radius 1 is 1.26 bits per heavy atom. The van der Waals surface area contributed by atoms with Gasteiger partial charge in [-0.3, -0.25) is 4.98 Å². The first kappa shape index (κ1) is 15.2. The van der Waals surface area contributed by atoms with Gasteiger partial charge in [-0.25, -0.2) is 0 Å². The third-order valence-electron chi connectivity index (χ3n) is 5.77. The van der Waals surface area contributed by atoms with Crippen molar-refractivity contribution in [3.63, 3.8) is 0 Å². The van der Waals surface area contributed by atoms with Gasteiger partial charge in [-0.05, 0) is 60.9 Å². The summed E-state index contributed by atoms with van der Waals surface area (Å²) < 4.78 is 0. The summed E-state index contributed by atoms with van der Waals surface area (Å²) in [6, 6.07) is 13.5. The van der Waals surface area contributed by atoms with Crippen LogP contribution < -0.4 is 5.32 Å². The van der Waals surface area contributed by atoms with Gasteiger partial charge in [-0.15, -0.1) is 0 Å². The summed E-state index contributed by atoms with van der Waals surface area (Å²) in [5, 5.41) is 4.46. The SMILES string of the molecule is CCC1CC2(CCN1)CC(c1cc(Cl)ccn1)c1ccccc12. The van der Waals surface area contributed by atoms with E-state index in [0.717, 1.165) is 23.7 Å². The van der Waals surface area contributed by atoms with E-state index in [9.17, 15) is 0 Å². The van der Waals surface area contributed by atoms with Crippen LogP contribution in [0.25, 0.3) is 0 Å². The molecule has 1 aliphatic carbocycles. The molecule has 0 bridgehead atoms. The lowest BCUT2D eigenvalue weighted by molar-refractivity contribution is 0.241. The van der Waals surface area contributed by atoms with Crippen molar-refractivity contribution >= 4 is 11.6 Å². The summed E-state index contributed by atoms with van der Waals surface area (Å²) in [5.41, 5.74) is 4.43. The number of benzene rings is 1. The van der Waals surface area contributed by atoms with Crippen LogP contribution in [0.5, 0.6) is 0 Å². The van der Waals surface area contributed by atoms with Crippen molar-refractivity contribution in [1.29, 1.82) is 0 Å². The van der Waals surface area contributed by atoms with Crippen LogP contribution in [0.4, 0.5) is 0 Å². The first-order valence-electron chi connectivity index (χ1n) is 8.66. The second-order valence-corrected chi connectivity index (χ2v) is 7.47. The zero-order valence-electron chi connectivity index (χ0n) is 13.6. The number of piperidine rings is 1. The van der Waals surface area contributed by atoms with Gasteiger partial charge < -0.3 is 5.32 Å². The molecule has 2 nitrogen and oxygen atoms in total. The van der Waals surface area contributed by atoms with Crippen LogP contribution in [0, 0.1) is 0 Å². The second-order valence-electron chi connectivity index (χ2n) is 7.04. The normalized spacial score (nSPS) is 29.7. The number of rotatable bonds is 2. The van der Waals surface area contributed by atoms with Crippen LogP contribution in [-0.4, -0.2) is 17.6 Å². The molecule has 2 aliphatic rings. The summed E-state index contributed by atoms with van der Waals surface area (Å²) in [6.45, 7) is 3.40. The number of aromatic nitrogens is 1. The predicted molar refractivity (Wildman–Crippen MR) is 95.1 cm³/mol. The van der Waals surface area contributed by atoms with E-state index in [2.05, 4.69) is 41.5 Å². The fourth-order valence-electron chi connectivity index (χ4n) is 4.65. The van der Waals surface area contributed by atoms with Crippen molar-refractivity contribution < 1.29 is 0 Å². The van der Waals surface area contributed by atoms with Gasteiger partial charge in [0.15, 0.2) is 0 Å². The first-order valence-corrected chi connectivity index (χ1v) is 9.04. The zero-order valence-corrected chi connectivity index (χ0v) is 14.3. The summed E-state index contributed by atoms with van der Waals surface area (Å²) in [7, 11) is 0. The molecule has 1 aromatic carbocycles. The van der Waals surface area contributed by atoms with Gasteiger partial charge in [0, 0.05) is 28.9 Å². The Hall–Kier alpha value is -1.38. The topological polar surface area (TPSA) is 24.9 Å². The van der Waals surface area contributed by atoms with E-state index in [1.807, 2.05) is 18.3 Å². The maximum absolute atomic E-state index is 6.22. The first-order chi connectivity index (χ1) is 11.2. The molecule has 1 fully saturated rings. The van der Waals surface area contributed by atoms with Crippen LogP contribution in [0.2, 0.25) is 5.02 Å². The van der Waals surface area contributed by atoms with Crippen molar-refractivity contribution in [2.24, 2.45) is 0 Å². The molecule has 0 amide bonds. The molecule has 1 spiro atoms. The van der Waals surface area contributed by atoms with Crippen LogP contribution >= 0.6 is 11.6 Å². The van der Waals surface area contributed by atoms with Gasteiger partial charge in [0.2, 0.25) is 0 Å². The monoisotopic (exact) mass is 326 g/mol. The summed E-state index contributed by atoms with van der Waals surface area (Å²) in [6.07, 6.45) is 6.65. The quantitative estimate of drug-likeness (QED) is 0.867. The fourth-order valence-corrected chi connectivity index (χ4v) is 4.82. The lowest BCUT2D eigenvalue weighted by atomic mass is 9.71. The highest BCUT2D eigenvalue weighted by Crippen LogP contribution is 2.53. The van der Waals surface area contributed by atoms with Crippen LogP contribution in [0.1, 0.15) is 55.3 Å². The molecule has 2 heterocycles. The van der Waals surface area contributed by atoms with Gasteiger partial charge in [-0.2, -0.15) is 0 Å². The zero-order chi connectivity index (χ0) is 15.9. The Morgan fingerprint density at radius 3 is 2.96 bits per heavy atom. The molecule has 0 saturated carbocycles. The summed E-state index contributed by atoms with van der Waals surface area (Å²) in [5.74, 6) is 0.375. The van der Waals surface area contributed by atoms with Crippen molar-refractivity contribution in [2.75, 3.05) is 6.54 Å². The number of nitrogens with zero attached hydrogens (tertiary/aromatic N) is 1. The number of halogens is 1. The Morgan fingerprint density at radius 2 is 2.13 bits per heavy atom. The number of pyridine rings is 1. The van der Waals surface area contributed by atoms with Crippen LogP contribution in [0.3, 0.4) is 0 Å². The molecule has 23 heavy (non-hydrogen) atoms. The molecular formula is C20H23ClN2. The molecule has 1 saturated heterocycles. The molecule has 1 aromatic heterocycles. The third kappa shape index (κ3) is 2.58. The molecular weight excluding hydrogens is 304 g/mol. The molecule has 3 heteroatoms. The van der Waals surface area contributed by atoms with Gasteiger partial charge in [0.1, 0.15) is 0 Å². The van der Waals surface area contributed by atoms with Gasteiger partial charge in [0.05, 0.1) is 0 Å². The summed E-state index contributed by atoms with van der Waals surface area (Å²) >= 11 is 6.22. The predicted octanol–water partition coefficient (Wildman–Crippen LogP) is 4.67. The van der Waals surface area contributed by atoms with E-state index in [0.29, 0.717) is 17.4 Å². The summed E-state index contributed by atoms with van der Waals surface area (Å²) in [4.78, 5) is 4.64. The van der Waals surface area contributed by atoms with Crippen molar-refractivity contribution in [3.05, 3.63) is 64.4 Å². The number of hydrogen-bond donors (Lipinski definition) is 1. The van der Waals surface area contributed by atoms with E-state index in [4.69, 9.17) is 11.6 Å². The minimum atomic E-state index is 0.303. The Kier molecular flexibility index (Phi) is 3.90. The standard InChI is InChI=1S/C20H23ClN2/c1-2-15-12-20(8-10-22-15)13-17(16-5-3-4-6-18(16)20)19-11-14(21)7-9-23-19/h3-7,9,11,15,17,22H,2,8,10,12-13H2,1H3. The van der Waals surface area contributed by atoms with Gasteiger partial charge in [-0.1, -0.05) is 42.8 Å². The van der Waals surface area contributed by atoms with Gasteiger partial charge in [0.25, 0.3) is 0 Å². The van der Waals surface area contributed by atoms with E-state index < -0.39 is 0 Å². The van der Waals surface area contributed by atoms with Crippen LogP contribution in [-0.2, 0) is 5.41 Å².